The van der Waals surface area contributed by atoms with E-state index < -0.39 is 16.0 Å². The summed E-state index contributed by atoms with van der Waals surface area (Å²) >= 11 is 0. The van der Waals surface area contributed by atoms with Crippen LogP contribution in [0.2, 0.25) is 0 Å². The first kappa shape index (κ1) is 13.6. The number of hydrogen-bond acceptors (Lipinski definition) is 4. The third-order valence-electron chi connectivity index (χ3n) is 2.78. The molecule has 1 N–H and O–H groups in total. The summed E-state index contributed by atoms with van der Waals surface area (Å²) in [5.74, 6) is -0.492. The largest absolute Gasteiger partial charge is 0.464 e. The number of nitrogens with one attached hydrogen (secondary N) is 1. The highest BCUT2D eigenvalue weighted by atomic mass is 32.2. The Morgan fingerprint density at radius 3 is 2.53 bits per heavy atom. The fourth-order valence-electron chi connectivity index (χ4n) is 1.70. The predicted octanol–water partition coefficient (Wildman–Crippen LogP) is 1.20. The molecule has 2 aromatic rings. The van der Waals surface area contributed by atoms with Crippen molar-refractivity contribution in [2.45, 2.75) is 4.90 Å². The standard InChI is InChI=1S/C12H14N2O4S/c1-14(2)19(16,17)9-4-5-10-8(6-9)7-11(13-10)12(15)18-3/h4-7,13H,1-3H3. The highest BCUT2D eigenvalue weighted by molar-refractivity contribution is 7.89. The van der Waals surface area contributed by atoms with E-state index in [1.165, 1.54) is 33.3 Å². The van der Waals surface area contributed by atoms with E-state index in [1.54, 1.807) is 12.1 Å². The number of aromatic amines is 1. The first-order valence-electron chi connectivity index (χ1n) is 5.50. The van der Waals surface area contributed by atoms with Crippen molar-refractivity contribution in [1.29, 1.82) is 0 Å². The fraction of sp³-hybridized carbons (Fsp3) is 0.250. The molecule has 0 bridgehead atoms. The van der Waals surface area contributed by atoms with Crippen LogP contribution in [0, 0.1) is 0 Å². The van der Waals surface area contributed by atoms with Crippen LogP contribution in [-0.4, -0.2) is 44.9 Å². The van der Waals surface area contributed by atoms with Gasteiger partial charge in [-0.2, -0.15) is 0 Å². The number of carbonyl (C=O) groups excluding carboxylic acids is 1. The predicted molar refractivity (Wildman–Crippen MR) is 70.5 cm³/mol. The number of hydrogen-bond donors (Lipinski definition) is 1. The van der Waals surface area contributed by atoms with Gasteiger partial charge in [0.1, 0.15) is 5.69 Å². The Balaban J connectivity index is 2.56. The Hall–Kier alpha value is -1.86. The minimum Gasteiger partial charge on any atom is -0.464 e. The number of benzene rings is 1. The van der Waals surface area contributed by atoms with E-state index >= 15 is 0 Å². The van der Waals surface area contributed by atoms with Gasteiger partial charge in [-0.15, -0.1) is 0 Å². The molecule has 0 unspecified atom stereocenters. The van der Waals surface area contributed by atoms with E-state index in [4.69, 9.17) is 0 Å². The molecular weight excluding hydrogens is 268 g/mol. The van der Waals surface area contributed by atoms with Gasteiger partial charge >= 0.3 is 5.97 Å². The second-order valence-electron chi connectivity index (χ2n) is 4.21. The van der Waals surface area contributed by atoms with Crippen LogP contribution in [0.5, 0.6) is 0 Å². The summed E-state index contributed by atoms with van der Waals surface area (Å²) in [6, 6.07) is 6.21. The number of carbonyl (C=O) groups is 1. The van der Waals surface area contributed by atoms with Crippen molar-refractivity contribution < 1.29 is 17.9 Å². The molecule has 1 aromatic carbocycles. The number of sulfonamides is 1. The van der Waals surface area contributed by atoms with E-state index in [9.17, 15) is 13.2 Å². The SMILES string of the molecule is COC(=O)c1cc2cc(S(=O)(=O)N(C)C)ccc2[nH]1. The maximum Gasteiger partial charge on any atom is 0.354 e. The van der Waals surface area contributed by atoms with Gasteiger partial charge in [0.15, 0.2) is 0 Å². The van der Waals surface area contributed by atoms with Crippen molar-refractivity contribution in [2.24, 2.45) is 0 Å². The van der Waals surface area contributed by atoms with Gasteiger partial charge in [-0.3, -0.25) is 0 Å². The van der Waals surface area contributed by atoms with Crippen LogP contribution >= 0.6 is 0 Å². The molecule has 1 heterocycles. The Labute approximate surface area is 111 Å². The van der Waals surface area contributed by atoms with Crippen LogP contribution < -0.4 is 0 Å². The van der Waals surface area contributed by atoms with Gasteiger partial charge in [0.2, 0.25) is 10.0 Å². The molecule has 0 aliphatic carbocycles. The third kappa shape index (κ3) is 2.34. The zero-order valence-electron chi connectivity index (χ0n) is 10.8. The minimum atomic E-state index is -3.48. The summed E-state index contributed by atoms with van der Waals surface area (Å²) in [6.45, 7) is 0. The lowest BCUT2D eigenvalue weighted by Gasteiger charge is -2.10. The van der Waals surface area contributed by atoms with E-state index in [1.807, 2.05) is 0 Å². The number of fused-ring (bicyclic) bond motifs is 1. The normalized spacial score (nSPS) is 12.0. The van der Waals surface area contributed by atoms with Gasteiger partial charge in [-0.05, 0) is 24.3 Å². The van der Waals surface area contributed by atoms with Crippen molar-refractivity contribution in [1.82, 2.24) is 9.29 Å². The molecule has 0 saturated heterocycles. The zero-order valence-corrected chi connectivity index (χ0v) is 11.6. The van der Waals surface area contributed by atoms with Crippen LogP contribution in [0.3, 0.4) is 0 Å². The van der Waals surface area contributed by atoms with Crippen molar-refractivity contribution in [3.8, 4) is 0 Å². The van der Waals surface area contributed by atoms with Gasteiger partial charge in [0.05, 0.1) is 12.0 Å². The molecule has 0 amide bonds. The van der Waals surface area contributed by atoms with E-state index in [0.29, 0.717) is 10.9 Å². The summed E-state index contributed by atoms with van der Waals surface area (Å²) in [5, 5.41) is 0.642. The molecule has 0 aliphatic rings. The molecule has 7 heteroatoms. The molecule has 2 rings (SSSR count). The minimum absolute atomic E-state index is 0.181. The fourth-order valence-corrected chi connectivity index (χ4v) is 2.64. The number of H-pyrrole nitrogens is 1. The van der Waals surface area contributed by atoms with Crippen molar-refractivity contribution in [3.05, 3.63) is 30.0 Å². The molecule has 0 fully saturated rings. The van der Waals surface area contributed by atoms with Crippen LogP contribution in [0.25, 0.3) is 10.9 Å². The molecule has 0 spiro atoms. The van der Waals surface area contributed by atoms with Crippen LogP contribution in [0.15, 0.2) is 29.2 Å². The van der Waals surface area contributed by atoms with Crippen LogP contribution in [0.1, 0.15) is 10.5 Å². The van der Waals surface area contributed by atoms with Crippen molar-refractivity contribution in [2.75, 3.05) is 21.2 Å². The Bertz CT molecular complexity index is 731. The molecule has 0 saturated carbocycles. The van der Waals surface area contributed by atoms with Gasteiger partial charge in [0, 0.05) is 25.0 Å². The van der Waals surface area contributed by atoms with E-state index in [2.05, 4.69) is 9.72 Å². The maximum absolute atomic E-state index is 12.0. The van der Waals surface area contributed by atoms with Crippen molar-refractivity contribution >= 4 is 26.9 Å². The first-order chi connectivity index (χ1) is 8.86. The summed E-state index contributed by atoms with van der Waals surface area (Å²) in [6.07, 6.45) is 0. The molecule has 102 valence electrons. The number of rotatable bonds is 3. The molecule has 1 aromatic heterocycles. The Morgan fingerprint density at radius 2 is 1.95 bits per heavy atom. The number of ether oxygens (including phenoxy) is 1. The molecular formula is C12H14N2O4S. The molecule has 0 radical (unpaired) electrons. The highest BCUT2D eigenvalue weighted by Crippen LogP contribution is 2.21. The molecule has 0 atom stereocenters. The first-order valence-corrected chi connectivity index (χ1v) is 6.94. The third-order valence-corrected chi connectivity index (χ3v) is 4.59. The van der Waals surface area contributed by atoms with Crippen molar-refractivity contribution in [3.63, 3.8) is 0 Å². The average Bonchev–Trinajstić information content (AvgIpc) is 2.80. The maximum atomic E-state index is 12.0. The lowest BCUT2D eigenvalue weighted by Crippen LogP contribution is -2.22. The topological polar surface area (TPSA) is 79.5 Å². The van der Waals surface area contributed by atoms with E-state index in [0.717, 1.165) is 4.31 Å². The van der Waals surface area contributed by atoms with Gasteiger partial charge in [-0.1, -0.05) is 0 Å². The van der Waals surface area contributed by atoms with Crippen LogP contribution in [-0.2, 0) is 14.8 Å². The number of esters is 1. The smallest absolute Gasteiger partial charge is 0.354 e. The van der Waals surface area contributed by atoms with E-state index in [-0.39, 0.29) is 10.6 Å². The summed E-state index contributed by atoms with van der Waals surface area (Å²) in [7, 11) is 0.743. The Morgan fingerprint density at radius 1 is 1.26 bits per heavy atom. The number of methoxy groups -OCH3 is 1. The average molecular weight is 282 g/mol. The molecule has 6 nitrogen and oxygen atoms in total. The lowest BCUT2D eigenvalue weighted by molar-refractivity contribution is 0.0595. The lowest BCUT2D eigenvalue weighted by atomic mass is 10.2. The summed E-state index contributed by atoms with van der Waals surface area (Å²) in [4.78, 5) is 14.4. The Kier molecular flexibility index (Phi) is 3.34. The number of aromatic nitrogens is 1. The summed E-state index contributed by atoms with van der Waals surface area (Å²) in [5.41, 5.74) is 0.968. The summed E-state index contributed by atoms with van der Waals surface area (Å²) < 4.78 is 29.7. The second-order valence-corrected chi connectivity index (χ2v) is 6.36. The van der Waals surface area contributed by atoms with Gasteiger partial charge in [-0.25, -0.2) is 17.5 Å². The number of nitrogens with zero attached hydrogens (tertiary/aromatic N) is 1. The second kappa shape index (κ2) is 4.67. The zero-order chi connectivity index (χ0) is 14.2. The van der Waals surface area contributed by atoms with Crippen LogP contribution in [0.4, 0.5) is 0 Å². The molecule has 0 aliphatic heterocycles. The monoisotopic (exact) mass is 282 g/mol. The van der Waals surface area contributed by atoms with Gasteiger partial charge in [0.25, 0.3) is 0 Å². The van der Waals surface area contributed by atoms with Gasteiger partial charge < -0.3 is 9.72 Å². The quantitative estimate of drug-likeness (QED) is 0.858. The molecule has 19 heavy (non-hydrogen) atoms. The highest BCUT2D eigenvalue weighted by Gasteiger charge is 2.18.